The van der Waals surface area contributed by atoms with Gasteiger partial charge in [-0.2, -0.15) is 0 Å². The van der Waals surface area contributed by atoms with Crippen molar-refractivity contribution in [2.45, 2.75) is 56.8 Å². The molecule has 102 valence electrons. The van der Waals surface area contributed by atoms with Gasteiger partial charge in [0.15, 0.2) is 0 Å². The van der Waals surface area contributed by atoms with Gasteiger partial charge in [-0.15, -0.1) is 0 Å². The van der Waals surface area contributed by atoms with E-state index in [1.165, 1.54) is 43.2 Å². The first-order valence-corrected chi connectivity index (χ1v) is 7.66. The van der Waals surface area contributed by atoms with Crippen LogP contribution in [0.2, 0.25) is 5.02 Å². The first kappa shape index (κ1) is 13.0. The van der Waals surface area contributed by atoms with Crippen molar-refractivity contribution in [2.75, 3.05) is 0 Å². The minimum atomic E-state index is -0.222. The highest BCUT2D eigenvalue weighted by molar-refractivity contribution is 6.31. The number of aryl methyl sites for hydroxylation is 1. The standard InChI is InChI=1S/C16H20ClNO/c17-15-9-13-11(6-7-12(13)16(18)19)8-14(15)10-4-2-1-3-5-10/h8-10,12H,1-7H2,(H2,18,19). The van der Waals surface area contributed by atoms with Crippen LogP contribution in [0.1, 0.15) is 67.1 Å². The van der Waals surface area contributed by atoms with E-state index >= 15 is 0 Å². The summed E-state index contributed by atoms with van der Waals surface area (Å²) in [5, 5.41) is 0.832. The van der Waals surface area contributed by atoms with Gasteiger partial charge in [0.05, 0.1) is 5.92 Å². The lowest BCUT2D eigenvalue weighted by Crippen LogP contribution is -2.19. The van der Waals surface area contributed by atoms with Crippen LogP contribution in [0.4, 0.5) is 0 Å². The molecule has 1 aromatic carbocycles. The van der Waals surface area contributed by atoms with Gasteiger partial charge in [0.1, 0.15) is 0 Å². The van der Waals surface area contributed by atoms with Crippen LogP contribution in [0.25, 0.3) is 0 Å². The van der Waals surface area contributed by atoms with E-state index in [1.54, 1.807) is 0 Å². The van der Waals surface area contributed by atoms with E-state index in [1.807, 2.05) is 6.07 Å². The number of amides is 1. The Kier molecular flexibility index (Phi) is 3.53. The highest BCUT2D eigenvalue weighted by Crippen LogP contribution is 2.41. The van der Waals surface area contributed by atoms with Crippen LogP contribution >= 0.6 is 11.6 Å². The Morgan fingerprint density at radius 2 is 1.84 bits per heavy atom. The molecule has 1 saturated carbocycles. The van der Waals surface area contributed by atoms with E-state index < -0.39 is 0 Å². The van der Waals surface area contributed by atoms with Crippen molar-refractivity contribution in [2.24, 2.45) is 5.73 Å². The van der Waals surface area contributed by atoms with Crippen molar-refractivity contribution in [3.63, 3.8) is 0 Å². The zero-order valence-electron chi connectivity index (χ0n) is 11.1. The van der Waals surface area contributed by atoms with Crippen molar-refractivity contribution in [3.05, 3.63) is 33.8 Å². The number of benzene rings is 1. The van der Waals surface area contributed by atoms with E-state index in [0.717, 1.165) is 23.4 Å². The second-order valence-electron chi connectivity index (χ2n) is 5.90. The van der Waals surface area contributed by atoms with Gasteiger partial charge in [0, 0.05) is 5.02 Å². The van der Waals surface area contributed by atoms with E-state index in [4.69, 9.17) is 17.3 Å². The maximum Gasteiger partial charge on any atom is 0.224 e. The fourth-order valence-corrected chi connectivity index (χ4v) is 4.00. The van der Waals surface area contributed by atoms with Crippen molar-refractivity contribution < 1.29 is 4.79 Å². The molecule has 1 unspecified atom stereocenters. The quantitative estimate of drug-likeness (QED) is 0.875. The molecule has 2 nitrogen and oxygen atoms in total. The average Bonchev–Trinajstić information content (AvgIpc) is 2.81. The monoisotopic (exact) mass is 277 g/mol. The molecule has 1 atom stereocenters. The zero-order valence-corrected chi connectivity index (χ0v) is 11.9. The smallest absolute Gasteiger partial charge is 0.224 e. The van der Waals surface area contributed by atoms with Crippen LogP contribution in [-0.2, 0) is 11.2 Å². The minimum Gasteiger partial charge on any atom is -0.369 e. The zero-order chi connectivity index (χ0) is 13.4. The van der Waals surface area contributed by atoms with Crippen LogP contribution in [-0.4, -0.2) is 5.91 Å². The van der Waals surface area contributed by atoms with E-state index in [0.29, 0.717) is 5.92 Å². The van der Waals surface area contributed by atoms with Gasteiger partial charge in [-0.05, 0) is 54.4 Å². The number of carbonyl (C=O) groups excluding carboxylic acids is 1. The largest absolute Gasteiger partial charge is 0.369 e. The van der Waals surface area contributed by atoms with Crippen molar-refractivity contribution in [1.29, 1.82) is 0 Å². The fraction of sp³-hybridized carbons (Fsp3) is 0.562. The number of carbonyl (C=O) groups is 1. The van der Waals surface area contributed by atoms with Gasteiger partial charge < -0.3 is 5.73 Å². The molecule has 1 aromatic rings. The molecular weight excluding hydrogens is 258 g/mol. The van der Waals surface area contributed by atoms with Crippen LogP contribution in [0, 0.1) is 0 Å². The lowest BCUT2D eigenvalue weighted by atomic mass is 9.83. The molecule has 3 rings (SSSR count). The van der Waals surface area contributed by atoms with E-state index in [-0.39, 0.29) is 11.8 Å². The predicted molar refractivity (Wildman–Crippen MR) is 77.5 cm³/mol. The summed E-state index contributed by atoms with van der Waals surface area (Å²) in [5.74, 6) is 0.257. The van der Waals surface area contributed by atoms with Crippen molar-refractivity contribution in [1.82, 2.24) is 0 Å². The molecule has 1 amide bonds. The number of hydrogen-bond acceptors (Lipinski definition) is 1. The summed E-state index contributed by atoms with van der Waals surface area (Å²) in [5.41, 5.74) is 9.11. The van der Waals surface area contributed by atoms with Crippen LogP contribution < -0.4 is 5.73 Å². The summed E-state index contributed by atoms with van der Waals surface area (Å²) < 4.78 is 0. The summed E-state index contributed by atoms with van der Waals surface area (Å²) >= 11 is 6.46. The molecule has 3 heteroatoms. The van der Waals surface area contributed by atoms with Crippen molar-refractivity contribution >= 4 is 17.5 Å². The molecular formula is C16H20ClNO. The highest BCUT2D eigenvalue weighted by Gasteiger charge is 2.29. The predicted octanol–water partition coefficient (Wildman–Crippen LogP) is 3.90. The topological polar surface area (TPSA) is 43.1 Å². The second kappa shape index (κ2) is 5.16. The van der Waals surface area contributed by atoms with Gasteiger partial charge in [0.2, 0.25) is 5.91 Å². The molecule has 0 aliphatic heterocycles. The summed E-state index contributed by atoms with van der Waals surface area (Å²) in [4.78, 5) is 11.4. The van der Waals surface area contributed by atoms with Crippen LogP contribution in [0.15, 0.2) is 12.1 Å². The summed E-state index contributed by atoms with van der Waals surface area (Å²) in [6, 6.07) is 4.25. The molecule has 2 aliphatic rings. The highest BCUT2D eigenvalue weighted by atomic mass is 35.5. The summed E-state index contributed by atoms with van der Waals surface area (Å²) in [7, 11) is 0. The van der Waals surface area contributed by atoms with Gasteiger partial charge in [0.25, 0.3) is 0 Å². The summed E-state index contributed by atoms with van der Waals surface area (Å²) in [6.07, 6.45) is 8.26. The van der Waals surface area contributed by atoms with Gasteiger partial charge in [-0.25, -0.2) is 0 Å². The number of primary amides is 1. The molecule has 0 aromatic heterocycles. The first-order valence-electron chi connectivity index (χ1n) is 7.28. The number of halogens is 1. The Bertz CT molecular complexity index is 506. The Morgan fingerprint density at radius 1 is 1.11 bits per heavy atom. The molecule has 0 radical (unpaired) electrons. The minimum absolute atomic E-state index is 0.132. The third-order valence-electron chi connectivity index (χ3n) is 4.72. The van der Waals surface area contributed by atoms with E-state index in [9.17, 15) is 4.79 Å². The molecule has 1 fully saturated rings. The molecule has 0 spiro atoms. The number of hydrogen-bond donors (Lipinski definition) is 1. The van der Waals surface area contributed by atoms with Gasteiger partial charge in [-0.1, -0.05) is 36.9 Å². The Labute approximate surface area is 119 Å². The molecule has 0 heterocycles. The van der Waals surface area contributed by atoms with Crippen molar-refractivity contribution in [3.8, 4) is 0 Å². The Morgan fingerprint density at radius 3 is 2.53 bits per heavy atom. The van der Waals surface area contributed by atoms with Gasteiger partial charge in [-0.3, -0.25) is 4.79 Å². The third kappa shape index (κ3) is 2.38. The maximum absolute atomic E-state index is 11.4. The number of rotatable bonds is 2. The first-order chi connectivity index (χ1) is 9.16. The SMILES string of the molecule is NC(=O)C1CCc2cc(C3CCCCC3)c(Cl)cc21. The lowest BCUT2D eigenvalue weighted by molar-refractivity contribution is -0.119. The van der Waals surface area contributed by atoms with Crippen LogP contribution in [0.5, 0.6) is 0 Å². The lowest BCUT2D eigenvalue weighted by Gasteiger charge is -2.24. The maximum atomic E-state index is 11.4. The van der Waals surface area contributed by atoms with Gasteiger partial charge >= 0.3 is 0 Å². The summed E-state index contributed by atoms with van der Waals surface area (Å²) in [6.45, 7) is 0. The molecule has 2 aliphatic carbocycles. The normalized spacial score (nSPS) is 23.3. The molecule has 19 heavy (non-hydrogen) atoms. The average molecular weight is 278 g/mol. The number of fused-ring (bicyclic) bond motifs is 1. The van der Waals surface area contributed by atoms with E-state index in [2.05, 4.69) is 6.07 Å². The second-order valence-corrected chi connectivity index (χ2v) is 6.31. The molecule has 0 saturated heterocycles. The number of nitrogens with two attached hydrogens (primary N) is 1. The fourth-order valence-electron chi connectivity index (χ4n) is 3.67. The molecule has 2 N–H and O–H groups in total. The Balaban J connectivity index is 1.94. The molecule has 0 bridgehead atoms. The third-order valence-corrected chi connectivity index (χ3v) is 5.05. The Hall–Kier alpha value is -1.02. The van der Waals surface area contributed by atoms with Crippen LogP contribution in [0.3, 0.4) is 0 Å².